The third-order valence-corrected chi connectivity index (χ3v) is 6.19. The molecule has 9 nitrogen and oxygen atoms in total. The lowest BCUT2D eigenvalue weighted by atomic mass is 9.87. The van der Waals surface area contributed by atoms with E-state index in [4.69, 9.17) is 11.6 Å². The number of amides is 1. The fraction of sp³-hybridized carbons (Fsp3) is 0.400. The summed E-state index contributed by atoms with van der Waals surface area (Å²) in [6.07, 6.45) is 3.51. The second-order valence-electron chi connectivity index (χ2n) is 7.31. The lowest BCUT2D eigenvalue weighted by molar-refractivity contribution is 0.0678. The Bertz CT molecular complexity index is 986. The molecule has 0 aliphatic heterocycles. The molecule has 2 aromatic rings. The minimum absolute atomic E-state index is 0.213. The first-order chi connectivity index (χ1) is 15.4. The van der Waals surface area contributed by atoms with Gasteiger partial charge in [-0.25, -0.2) is 14.8 Å². The second-order valence-corrected chi connectivity index (χ2v) is 8.97. The number of benzene rings is 1. The molecule has 4 N–H and O–H groups in total. The summed E-state index contributed by atoms with van der Waals surface area (Å²) >= 11 is 6.96. The standard InChI is InChI=1S/C20H25ClFN7O2S/c1-23-25-11-26-28-18(15-5-3-4-6-16(15)22)29(2)13-7-12(8-14(30)9-13)27-19(31)20-24-10-17(21)32-20/h3-6,10-14,23,30H,7-9H2,1-2H3,(H,25,26)(H,27,31)/b28-18-/t12?,13?,14-/m0/s1. The zero-order valence-corrected chi connectivity index (χ0v) is 19.2. The van der Waals surface area contributed by atoms with Crippen molar-refractivity contribution in [2.24, 2.45) is 10.2 Å². The largest absolute Gasteiger partial charge is 0.393 e. The number of carbonyl (C=O) groups is 1. The third kappa shape index (κ3) is 6.22. The Kier molecular flexibility index (Phi) is 8.51. The first-order valence-electron chi connectivity index (χ1n) is 9.98. The van der Waals surface area contributed by atoms with Gasteiger partial charge in [0, 0.05) is 26.2 Å². The first kappa shape index (κ1) is 24.1. The molecule has 0 saturated heterocycles. The SMILES string of the molecule is CNN/C=N\N=C(\c1ccccc1F)N(C)C1CC(NC(=O)c2ncc(Cl)s2)C[C@H](O)C1. The van der Waals surface area contributed by atoms with Crippen molar-refractivity contribution in [1.29, 1.82) is 0 Å². The summed E-state index contributed by atoms with van der Waals surface area (Å²) in [5.41, 5.74) is 5.65. The van der Waals surface area contributed by atoms with Gasteiger partial charge in [-0.3, -0.25) is 4.79 Å². The predicted molar refractivity (Wildman–Crippen MR) is 123 cm³/mol. The van der Waals surface area contributed by atoms with E-state index in [-0.39, 0.29) is 28.6 Å². The molecule has 1 aromatic carbocycles. The molecule has 1 aliphatic carbocycles. The number of hydrogen-bond donors (Lipinski definition) is 4. The van der Waals surface area contributed by atoms with Crippen LogP contribution in [0.1, 0.15) is 34.6 Å². The number of hydrazine groups is 1. The summed E-state index contributed by atoms with van der Waals surface area (Å²) in [7, 11) is 3.45. The van der Waals surface area contributed by atoms with Gasteiger partial charge >= 0.3 is 0 Å². The van der Waals surface area contributed by atoms with Gasteiger partial charge in [0.05, 0.1) is 17.9 Å². The lowest BCUT2D eigenvalue weighted by Gasteiger charge is -2.39. The quantitative estimate of drug-likeness (QED) is 0.273. The van der Waals surface area contributed by atoms with Crippen molar-refractivity contribution < 1.29 is 14.3 Å². The molecule has 12 heteroatoms. The Morgan fingerprint density at radius 3 is 2.84 bits per heavy atom. The summed E-state index contributed by atoms with van der Waals surface area (Å²) < 4.78 is 15.0. The van der Waals surface area contributed by atoms with E-state index in [0.29, 0.717) is 29.4 Å². The van der Waals surface area contributed by atoms with Gasteiger partial charge < -0.3 is 20.7 Å². The minimum Gasteiger partial charge on any atom is -0.393 e. The van der Waals surface area contributed by atoms with Crippen molar-refractivity contribution in [2.75, 3.05) is 14.1 Å². The molecule has 0 radical (unpaired) electrons. The monoisotopic (exact) mass is 481 g/mol. The van der Waals surface area contributed by atoms with Crippen LogP contribution in [0.4, 0.5) is 4.39 Å². The summed E-state index contributed by atoms with van der Waals surface area (Å²) in [6.45, 7) is 0. The van der Waals surface area contributed by atoms with Crippen LogP contribution >= 0.6 is 22.9 Å². The van der Waals surface area contributed by atoms with Gasteiger partial charge in [0.15, 0.2) is 10.8 Å². The smallest absolute Gasteiger partial charge is 0.280 e. The van der Waals surface area contributed by atoms with Gasteiger partial charge in [0.1, 0.15) is 16.5 Å². The van der Waals surface area contributed by atoms with Gasteiger partial charge in [-0.15, -0.1) is 10.2 Å². The Hall–Kier alpha value is -2.60. The van der Waals surface area contributed by atoms with Crippen LogP contribution < -0.4 is 16.2 Å². The van der Waals surface area contributed by atoms with Crippen LogP contribution in [0.25, 0.3) is 0 Å². The average Bonchev–Trinajstić information content (AvgIpc) is 3.20. The van der Waals surface area contributed by atoms with Crippen LogP contribution in [0.5, 0.6) is 0 Å². The number of amidine groups is 1. The molecule has 2 unspecified atom stereocenters. The van der Waals surface area contributed by atoms with Crippen molar-refractivity contribution >= 4 is 41.0 Å². The van der Waals surface area contributed by atoms with Gasteiger partial charge in [-0.05, 0) is 31.4 Å². The second kappa shape index (κ2) is 11.3. The van der Waals surface area contributed by atoms with Crippen molar-refractivity contribution in [2.45, 2.75) is 37.5 Å². The number of aliphatic hydroxyl groups excluding tert-OH is 1. The fourth-order valence-electron chi connectivity index (χ4n) is 3.61. The number of thiazole rings is 1. The van der Waals surface area contributed by atoms with Crippen LogP contribution in [-0.4, -0.2) is 65.4 Å². The van der Waals surface area contributed by atoms with E-state index in [1.54, 1.807) is 37.2 Å². The van der Waals surface area contributed by atoms with E-state index < -0.39 is 11.9 Å². The highest BCUT2D eigenvalue weighted by Gasteiger charge is 2.33. The van der Waals surface area contributed by atoms with Crippen LogP contribution in [0.15, 0.2) is 40.7 Å². The molecule has 1 saturated carbocycles. The zero-order valence-electron chi connectivity index (χ0n) is 17.6. The molecule has 172 valence electrons. The Labute approximate surface area is 194 Å². The molecule has 1 heterocycles. The molecular weight excluding hydrogens is 457 g/mol. The third-order valence-electron chi connectivity index (χ3n) is 5.08. The molecular formula is C20H25ClFN7O2S. The number of aromatic nitrogens is 1. The predicted octanol–water partition coefficient (Wildman–Crippen LogP) is 1.99. The number of halogens is 2. The van der Waals surface area contributed by atoms with Crippen LogP contribution in [0.3, 0.4) is 0 Å². The van der Waals surface area contributed by atoms with Crippen LogP contribution in [0.2, 0.25) is 4.34 Å². The topological polar surface area (TPSA) is 114 Å². The van der Waals surface area contributed by atoms with Gasteiger partial charge in [0.25, 0.3) is 5.91 Å². The summed E-state index contributed by atoms with van der Waals surface area (Å²) in [6, 6.07) is 5.79. The average molecular weight is 482 g/mol. The number of rotatable bonds is 7. The molecule has 3 atom stereocenters. The van der Waals surface area contributed by atoms with E-state index in [1.165, 1.54) is 18.6 Å². The van der Waals surface area contributed by atoms with Gasteiger partial charge in [-0.1, -0.05) is 35.1 Å². The molecule has 1 fully saturated rings. The summed E-state index contributed by atoms with van der Waals surface area (Å²) in [5.74, 6) is -0.460. The lowest BCUT2D eigenvalue weighted by Crippen LogP contribution is -2.50. The maximum Gasteiger partial charge on any atom is 0.280 e. The normalized spacial score (nSPS) is 21.5. The molecule has 3 rings (SSSR count). The highest BCUT2D eigenvalue weighted by Crippen LogP contribution is 2.26. The maximum absolute atomic E-state index is 14.5. The Morgan fingerprint density at radius 1 is 1.38 bits per heavy atom. The van der Waals surface area contributed by atoms with Crippen LogP contribution in [-0.2, 0) is 0 Å². The maximum atomic E-state index is 14.5. The van der Waals surface area contributed by atoms with Crippen molar-refractivity contribution in [1.82, 2.24) is 26.1 Å². The number of nitrogens with zero attached hydrogens (tertiary/aromatic N) is 4. The molecule has 1 amide bonds. The molecule has 1 aromatic heterocycles. The molecule has 32 heavy (non-hydrogen) atoms. The first-order valence-corrected chi connectivity index (χ1v) is 11.2. The molecule has 0 bridgehead atoms. The Morgan fingerprint density at radius 2 is 2.16 bits per heavy atom. The van der Waals surface area contributed by atoms with E-state index in [0.717, 1.165) is 11.3 Å². The van der Waals surface area contributed by atoms with Crippen LogP contribution in [0, 0.1) is 5.82 Å². The van der Waals surface area contributed by atoms with E-state index in [2.05, 4.69) is 31.4 Å². The van der Waals surface area contributed by atoms with E-state index >= 15 is 0 Å². The summed E-state index contributed by atoms with van der Waals surface area (Å²) in [4.78, 5) is 18.3. The van der Waals surface area contributed by atoms with Crippen molar-refractivity contribution in [3.63, 3.8) is 0 Å². The van der Waals surface area contributed by atoms with Crippen molar-refractivity contribution in [3.8, 4) is 0 Å². The van der Waals surface area contributed by atoms with Crippen molar-refractivity contribution in [3.05, 3.63) is 51.2 Å². The fourth-order valence-corrected chi connectivity index (χ4v) is 4.42. The molecule has 1 aliphatic rings. The van der Waals surface area contributed by atoms with E-state index in [1.807, 2.05) is 0 Å². The summed E-state index contributed by atoms with van der Waals surface area (Å²) in [5, 5.41) is 21.8. The number of carbonyl (C=O) groups excluding carboxylic acids is 1. The van der Waals surface area contributed by atoms with Gasteiger partial charge in [0.2, 0.25) is 0 Å². The number of hydrogen-bond acceptors (Lipinski definition) is 7. The highest BCUT2D eigenvalue weighted by molar-refractivity contribution is 7.17. The molecule has 0 spiro atoms. The zero-order chi connectivity index (χ0) is 23.1. The number of nitrogens with one attached hydrogen (secondary N) is 3. The highest BCUT2D eigenvalue weighted by atomic mass is 35.5. The minimum atomic E-state index is -0.641. The Balaban J connectivity index is 1.79. The number of aliphatic hydroxyl groups is 1. The van der Waals surface area contributed by atoms with E-state index in [9.17, 15) is 14.3 Å². The van der Waals surface area contributed by atoms with Gasteiger partial charge in [-0.2, -0.15) is 0 Å².